The molecule has 7 nitrogen and oxygen atoms in total. The summed E-state index contributed by atoms with van der Waals surface area (Å²) in [6, 6.07) is 13.0. The van der Waals surface area contributed by atoms with Gasteiger partial charge in [0, 0.05) is 13.6 Å². The quantitative estimate of drug-likeness (QED) is 0.352. The van der Waals surface area contributed by atoms with Crippen LogP contribution in [0.2, 0.25) is 0 Å². The van der Waals surface area contributed by atoms with Gasteiger partial charge in [0.25, 0.3) is 0 Å². The lowest BCUT2D eigenvalue weighted by Crippen LogP contribution is -2.32. The summed E-state index contributed by atoms with van der Waals surface area (Å²) in [5.74, 6) is 0.643. The number of aliphatic hydroxyl groups excluding tert-OH is 1. The number of hydrogen-bond donors (Lipinski definition) is 3. The Kier molecular flexibility index (Phi) is 9.10. The van der Waals surface area contributed by atoms with Crippen LogP contribution in [0.4, 0.5) is 14.5 Å². The maximum absolute atomic E-state index is 12.4. The summed E-state index contributed by atoms with van der Waals surface area (Å²) in [6.45, 7) is -2.10. The first-order chi connectivity index (χ1) is 13.9. The average molecular weight is 430 g/mol. The van der Waals surface area contributed by atoms with Crippen molar-refractivity contribution in [3.05, 3.63) is 54.1 Å². The molecule has 0 heterocycles. The van der Waals surface area contributed by atoms with E-state index in [0.717, 1.165) is 4.31 Å². The van der Waals surface area contributed by atoms with Crippen molar-refractivity contribution >= 4 is 16.6 Å². The summed E-state index contributed by atoms with van der Waals surface area (Å²) in [6.07, 6.45) is -0.311. The van der Waals surface area contributed by atoms with Crippen LogP contribution >= 0.6 is 0 Å². The summed E-state index contributed by atoms with van der Waals surface area (Å²) in [5, 5.41) is 13.0. The van der Waals surface area contributed by atoms with Crippen molar-refractivity contribution in [3.8, 4) is 11.5 Å². The molecule has 2 N–H and O–H groups in total. The van der Waals surface area contributed by atoms with Gasteiger partial charge in [-0.05, 0) is 48.9 Å². The van der Waals surface area contributed by atoms with Crippen molar-refractivity contribution in [2.75, 3.05) is 31.0 Å². The van der Waals surface area contributed by atoms with E-state index in [-0.39, 0.29) is 18.9 Å². The molecule has 0 fully saturated rings. The Labute approximate surface area is 169 Å². The second kappa shape index (κ2) is 11.5. The van der Waals surface area contributed by atoms with Crippen LogP contribution in [0.3, 0.4) is 0 Å². The van der Waals surface area contributed by atoms with Crippen LogP contribution in [0.1, 0.15) is 5.56 Å². The molecule has 0 bridgehead atoms. The van der Waals surface area contributed by atoms with Gasteiger partial charge in [-0.25, -0.2) is 8.42 Å². The molecule has 160 valence electrons. The van der Waals surface area contributed by atoms with Gasteiger partial charge in [0.05, 0.1) is 5.69 Å². The molecule has 2 aromatic carbocycles. The van der Waals surface area contributed by atoms with Gasteiger partial charge in [0.15, 0.2) is 0 Å². The van der Waals surface area contributed by atoms with Gasteiger partial charge in [-0.1, -0.05) is 18.2 Å². The van der Waals surface area contributed by atoms with Crippen molar-refractivity contribution in [2.24, 2.45) is 0 Å². The molecule has 0 unspecified atom stereocenters. The standard InChI is InChI=1S/C19H24F2N2O5S/c1-23(29(25)26)15-6-8-17(9-7-15)27-13-16(24)12-22-11-10-14-4-2-3-5-18(14)28-19(20)21/h2-9,16,19,22,24,29H,10-13H2,1H3/t16-/m0/s1. The lowest BCUT2D eigenvalue weighted by molar-refractivity contribution is -0.0504. The molecule has 0 aromatic heterocycles. The second-order valence-corrected chi connectivity index (χ2v) is 7.24. The molecule has 0 saturated carbocycles. The predicted octanol–water partition coefficient (Wildman–Crippen LogP) is 1.82. The number of nitrogens with zero attached hydrogens (tertiary/aromatic N) is 1. The normalized spacial score (nSPS) is 12.2. The fourth-order valence-electron chi connectivity index (χ4n) is 2.52. The molecule has 0 amide bonds. The van der Waals surface area contributed by atoms with E-state index in [1.54, 1.807) is 42.5 Å². The molecular weight excluding hydrogens is 406 g/mol. The Hall–Kier alpha value is -2.43. The summed E-state index contributed by atoms with van der Waals surface area (Å²) in [5.41, 5.74) is 1.16. The van der Waals surface area contributed by atoms with Crippen LogP contribution in [0.25, 0.3) is 0 Å². The minimum atomic E-state index is -2.87. The zero-order chi connectivity index (χ0) is 21.2. The summed E-state index contributed by atoms with van der Waals surface area (Å²) in [7, 11) is -1.26. The van der Waals surface area contributed by atoms with Gasteiger partial charge < -0.3 is 19.9 Å². The Morgan fingerprint density at radius 3 is 2.48 bits per heavy atom. The van der Waals surface area contributed by atoms with Gasteiger partial charge >= 0.3 is 6.61 Å². The number of hydrogen-bond acceptors (Lipinski definition) is 6. The maximum atomic E-state index is 12.4. The highest BCUT2D eigenvalue weighted by Crippen LogP contribution is 2.20. The van der Waals surface area contributed by atoms with E-state index in [1.165, 1.54) is 13.1 Å². The van der Waals surface area contributed by atoms with Gasteiger partial charge in [-0.2, -0.15) is 8.78 Å². The molecule has 0 saturated heterocycles. The highest BCUT2D eigenvalue weighted by atomic mass is 32.2. The molecule has 0 aliphatic heterocycles. The minimum absolute atomic E-state index is 0.0447. The minimum Gasteiger partial charge on any atom is -0.491 e. The van der Waals surface area contributed by atoms with Crippen LogP contribution in [-0.4, -0.2) is 53.0 Å². The van der Waals surface area contributed by atoms with Gasteiger partial charge in [0.2, 0.25) is 10.9 Å². The zero-order valence-electron chi connectivity index (χ0n) is 15.8. The number of rotatable bonds is 12. The second-order valence-electron chi connectivity index (χ2n) is 6.16. The van der Waals surface area contributed by atoms with Gasteiger partial charge in [-0.3, -0.25) is 4.31 Å². The van der Waals surface area contributed by atoms with Crippen molar-refractivity contribution in [3.63, 3.8) is 0 Å². The van der Waals surface area contributed by atoms with Crippen LogP contribution in [-0.2, 0) is 17.3 Å². The Bertz CT molecular complexity index is 826. The van der Waals surface area contributed by atoms with E-state index >= 15 is 0 Å². The maximum Gasteiger partial charge on any atom is 0.387 e. The van der Waals surface area contributed by atoms with E-state index < -0.39 is 23.6 Å². The van der Waals surface area contributed by atoms with E-state index in [4.69, 9.17) is 4.74 Å². The lowest BCUT2D eigenvalue weighted by atomic mass is 10.1. The molecule has 0 aliphatic rings. The first kappa shape index (κ1) is 22.9. The molecule has 29 heavy (non-hydrogen) atoms. The van der Waals surface area contributed by atoms with E-state index in [9.17, 15) is 22.3 Å². The number of benzene rings is 2. The highest BCUT2D eigenvalue weighted by molar-refractivity contribution is 7.74. The van der Waals surface area contributed by atoms with Crippen molar-refractivity contribution in [2.45, 2.75) is 19.1 Å². The fourth-order valence-corrected chi connectivity index (χ4v) is 2.84. The van der Waals surface area contributed by atoms with Crippen molar-refractivity contribution < 1.29 is 31.8 Å². The largest absolute Gasteiger partial charge is 0.491 e. The number of ether oxygens (including phenoxy) is 2. The number of alkyl halides is 2. The molecule has 0 aliphatic carbocycles. The number of thiol groups is 1. The monoisotopic (exact) mass is 430 g/mol. The number of para-hydroxylation sites is 1. The number of anilines is 1. The number of halogens is 2. The zero-order valence-corrected chi connectivity index (χ0v) is 16.7. The molecule has 1 atom stereocenters. The number of nitrogens with one attached hydrogen (secondary N) is 1. The molecule has 2 aromatic rings. The van der Waals surface area contributed by atoms with Gasteiger partial charge in [-0.15, -0.1) is 0 Å². The lowest BCUT2D eigenvalue weighted by Gasteiger charge is -2.15. The molecule has 2 rings (SSSR count). The average Bonchev–Trinajstić information content (AvgIpc) is 2.70. The third-order valence-electron chi connectivity index (χ3n) is 4.04. The van der Waals surface area contributed by atoms with Crippen LogP contribution in [0.15, 0.2) is 48.5 Å². The van der Waals surface area contributed by atoms with E-state index in [1.807, 2.05) is 0 Å². The fraction of sp³-hybridized carbons (Fsp3) is 0.368. The smallest absolute Gasteiger partial charge is 0.387 e. The van der Waals surface area contributed by atoms with Crippen LogP contribution < -0.4 is 19.1 Å². The molecular formula is C19H24F2N2O5S. The summed E-state index contributed by atoms with van der Waals surface area (Å²) in [4.78, 5) is 0. The summed E-state index contributed by atoms with van der Waals surface area (Å²) >= 11 is 0. The van der Waals surface area contributed by atoms with Crippen molar-refractivity contribution in [1.82, 2.24) is 5.32 Å². The molecule has 0 spiro atoms. The topological polar surface area (TPSA) is 88.1 Å². The Balaban J connectivity index is 1.71. The Morgan fingerprint density at radius 2 is 1.83 bits per heavy atom. The summed E-state index contributed by atoms with van der Waals surface area (Å²) < 4.78 is 57.7. The van der Waals surface area contributed by atoms with E-state index in [2.05, 4.69) is 10.1 Å². The third-order valence-corrected chi connectivity index (χ3v) is 4.76. The predicted molar refractivity (Wildman–Crippen MR) is 106 cm³/mol. The molecule has 0 radical (unpaired) electrons. The van der Waals surface area contributed by atoms with E-state index in [0.29, 0.717) is 30.0 Å². The number of aliphatic hydroxyl groups is 1. The first-order valence-corrected chi connectivity index (χ1v) is 10.0. The van der Waals surface area contributed by atoms with Gasteiger partial charge in [0.1, 0.15) is 24.2 Å². The Morgan fingerprint density at radius 1 is 1.14 bits per heavy atom. The third kappa shape index (κ3) is 7.84. The SMILES string of the molecule is CN(c1ccc(OC[C@@H](O)CNCCc2ccccc2OC(F)F)cc1)[SH](=O)=O. The van der Waals surface area contributed by atoms with Crippen LogP contribution in [0.5, 0.6) is 11.5 Å². The first-order valence-electron chi connectivity index (χ1n) is 8.89. The van der Waals surface area contributed by atoms with Crippen LogP contribution in [0, 0.1) is 0 Å². The highest BCUT2D eigenvalue weighted by Gasteiger charge is 2.10. The van der Waals surface area contributed by atoms with Crippen molar-refractivity contribution in [1.29, 1.82) is 0 Å². The molecule has 10 heteroatoms.